The van der Waals surface area contributed by atoms with Crippen molar-refractivity contribution in [2.24, 2.45) is 0 Å². The number of esters is 1. The largest absolute Gasteiger partial charge is 0.468 e. The van der Waals surface area contributed by atoms with Gasteiger partial charge in [0.2, 0.25) is 0 Å². The predicted octanol–water partition coefficient (Wildman–Crippen LogP) is 2.29. The fourth-order valence-electron chi connectivity index (χ4n) is 1.37. The van der Waals surface area contributed by atoms with Crippen LogP contribution < -0.4 is 0 Å². The smallest absolute Gasteiger partial charge is 0.319 e. The van der Waals surface area contributed by atoms with E-state index in [9.17, 15) is 4.79 Å². The molecule has 0 atom stereocenters. The average molecular weight is 333 g/mol. The van der Waals surface area contributed by atoms with Gasteiger partial charge in [0.05, 0.1) is 13.7 Å². The van der Waals surface area contributed by atoms with Gasteiger partial charge >= 0.3 is 5.97 Å². The van der Waals surface area contributed by atoms with Gasteiger partial charge in [0.15, 0.2) is 0 Å². The Labute approximate surface area is 110 Å². The van der Waals surface area contributed by atoms with E-state index in [4.69, 9.17) is 0 Å². The third-order valence-electron chi connectivity index (χ3n) is 2.35. The molecule has 0 radical (unpaired) electrons. The summed E-state index contributed by atoms with van der Waals surface area (Å²) in [4.78, 5) is 13.2. The molecule has 0 N–H and O–H groups in total. The van der Waals surface area contributed by atoms with E-state index in [0.717, 1.165) is 13.1 Å². The summed E-state index contributed by atoms with van der Waals surface area (Å²) in [6.45, 7) is 4.00. The summed E-state index contributed by atoms with van der Waals surface area (Å²) in [6.07, 6.45) is 0. The number of likely N-dealkylation sites (N-methyl/N-ethyl adjacent to an activating group) is 1. The zero-order valence-electron chi connectivity index (χ0n) is 9.57. The van der Waals surface area contributed by atoms with Crippen molar-refractivity contribution in [3.05, 3.63) is 33.4 Å². The van der Waals surface area contributed by atoms with Crippen molar-refractivity contribution in [3.8, 4) is 0 Å². The van der Waals surface area contributed by atoms with Gasteiger partial charge in [-0.2, -0.15) is 0 Å². The zero-order chi connectivity index (χ0) is 12.0. The lowest BCUT2D eigenvalue weighted by Gasteiger charge is -2.18. The van der Waals surface area contributed by atoms with Gasteiger partial charge in [-0.3, -0.25) is 9.69 Å². The van der Waals surface area contributed by atoms with Gasteiger partial charge in [-0.1, -0.05) is 19.1 Å². The molecular formula is C12H16INO2. The SMILES string of the molecule is CCN(CC(=O)OC)Cc1ccc(I)cc1. The molecule has 0 fully saturated rings. The molecule has 0 aliphatic carbocycles. The second-order valence-corrected chi connectivity index (χ2v) is 4.75. The second kappa shape index (κ2) is 6.85. The number of carbonyl (C=O) groups excluding carboxylic acids is 1. The minimum Gasteiger partial charge on any atom is -0.468 e. The van der Waals surface area contributed by atoms with Crippen molar-refractivity contribution < 1.29 is 9.53 Å². The molecule has 0 heterocycles. The number of rotatable bonds is 5. The maximum atomic E-state index is 11.2. The van der Waals surface area contributed by atoms with Crippen LogP contribution in [0.1, 0.15) is 12.5 Å². The van der Waals surface area contributed by atoms with Crippen molar-refractivity contribution in [1.29, 1.82) is 0 Å². The van der Waals surface area contributed by atoms with Gasteiger partial charge in [0.1, 0.15) is 0 Å². The number of carbonyl (C=O) groups is 1. The molecule has 0 spiro atoms. The minimum atomic E-state index is -0.188. The number of nitrogens with zero attached hydrogens (tertiary/aromatic N) is 1. The Balaban J connectivity index is 2.56. The number of methoxy groups -OCH3 is 1. The Bertz CT molecular complexity index is 337. The topological polar surface area (TPSA) is 29.5 Å². The number of hydrogen-bond donors (Lipinski definition) is 0. The Hall–Kier alpha value is -0.620. The first-order valence-corrected chi connectivity index (χ1v) is 6.27. The highest BCUT2D eigenvalue weighted by atomic mass is 127. The first-order chi connectivity index (χ1) is 7.65. The molecule has 16 heavy (non-hydrogen) atoms. The summed E-state index contributed by atoms with van der Waals surface area (Å²) >= 11 is 2.28. The standard InChI is InChI=1S/C12H16INO2/c1-3-14(9-12(15)16-2)8-10-4-6-11(13)7-5-10/h4-7H,3,8-9H2,1-2H3. The summed E-state index contributed by atoms with van der Waals surface area (Å²) in [7, 11) is 1.42. The summed E-state index contributed by atoms with van der Waals surface area (Å²) in [6, 6.07) is 8.31. The molecule has 0 aromatic heterocycles. The van der Waals surface area contributed by atoms with E-state index >= 15 is 0 Å². The molecule has 0 unspecified atom stereocenters. The molecule has 0 aliphatic rings. The van der Waals surface area contributed by atoms with Gasteiger partial charge in [0, 0.05) is 10.1 Å². The molecule has 0 saturated heterocycles. The van der Waals surface area contributed by atoms with E-state index in [1.807, 2.05) is 11.8 Å². The molecule has 0 amide bonds. The minimum absolute atomic E-state index is 0.188. The highest BCUT2D eigenvalue weighted by Crippen LogP contribution is 2.09. The summed E-state index contributed by atoms with van der Waals surface area (Å²) in [5.41, 5.74) is 1.21. The lowest BCUT2D eigenvalue weighted by Crippen LogP contribution is -2.29. The molecular weight excluding hydrogens is 317 g/mol. The van der Waals surface area contributed by atoms with Gasteiger partial charge < -0.3 is 4.74 Å². The lowest BCUT2D eigenvalue weighted by atomic mass is 10.2. The fraction of sp³-hybridized carbons (Fsp3) is 0.417. The van der Waals surface area contributed by atoms with Crippen molar-refractivity contribution in [2.45, 2.75) is 13.5 Å². The summed E-state index contributed by atoms with van der Waals surface area (Å²) in [5, 5.41) is 0. The lowest BCUT2D eigenvalue weighted by molar-refractivity contribution is -0.142. The Morgan fingerprint density at radius 1 is 1.38 bits per heavy atom. The van der Waals surface area contributed by atoms with Gasteiger partial charge in [-0.05, 0) is 46.8 Å². The van der Waals surface area contributed by atoms with Crippen LogP contribution >= 0.6 is 22.6 Å². The summed E-state index contributed by atoms with van der Waals surface area (Å²) < 4.78 is 5.88. The molecule has 0 aliphatic heterocycles. The number of ether oxygens (including phenoxy) is 1. The van der Waals surface area contributed by atoms with Gasteiger partial charge in [-0.25, -0.2) is 0 Å². The monoisotopic (exact) mass is 333 g/mol. The van der Waals surface area contributed by atoms with Crippen LogP contribution in [0.2, 0.25) is 0 Å². The third-order valence-corrected chi connectivity index (χ3v) is 3.07. The van der Waals surface area contributed by atoms with Crippen LogP contribution in [0.25, 0.3) is 0 Å². The van der Waals surface area contributed by atoms with Crippen LogP contribution in [-0.2, 0) is 16.1 Å². The van der Waals surface area contributed by atoms with Crippen molar-refractivity contribution in [3.63, 3.8) is 0 Å². The number of hydrogen-bond acceptors (Lipinski definition) is 3. The molecule has 1 rings (SSSR count). The van der Waals surface area contributed by atoms with Crippen LogP contribution in [-0.4, -0.2) is 31.1 Å². The molecule has 4 heteroatoms. The number of halogens is 1. The van der Waals surface area contributed by atoms with E-state index in [-0.39, 0.29) is 5.97 Å². The Morgan fingerprint density at radius 3 is 2.50 bits per heavy atom. The number of benzene rings is 1. The van der Waals surface area contributed by atoms with E-state index < -0.39 is 0 Å². The van der Waals surface area contributed by atoms with E-state index in [1.54, 1.807) is 0 Å². The van der Waals surface area contributed by atoms with Crippen LogP contribution in [0.4, 0.5) is 0 Å². The highest BCUT2D eigenvalue weighted by molar-refractivity contribution is 14.1. The molecule has 3 nitrogen and oxygen atoms in total. The van der Waals surface area contributed by atoms with Crippen molar-refractivity contribution in [1.82, 2.24) is 4.90 Å². The van der Waals surface area contributed by atoms with Crippen LogP contribution in [0.3, 0.4) is 0 Å². The van der Waals surface area contributed by atoms with Crippen LogP contribution in [0.15, 0.2) is 24.3 Å². The van der Waals surface area contributed by atoms with Gasteiger partial charge in [-0.15, -0.1) is 0 Å². The summed E-state index contributed by atoms with van der Waals surface area (Å²) in [5.74, 6) is -0.188. The van der Waals surface area contributed by atoms with Gasteiger partial charge in [0.25, 0.3) is 0 Å². The van der Waals surface area contributed by atoms with Crippen molar-refractivity contribution in [2.75, 3.05) is 20.2 Å². The van der Waals surface area contributed by atoms with Crippen LogP contribution in [0.5, 0.6) is 0 Å². The normalized spacial score (nSPS) is 10.5. The first kappa shape index (κ1) is 13.4. The molecule has 88 valence electrons. The maximum Gasteiger partial charge on any atom is 0.319 e. The maximum absolute atomic E-state index is 11.2. The highest BCUT2D eigenvalue weighted by Gasteiger charge is 2.09. The molecule has 1 aromatic carbocycles. The van der Waals surface area contributed by atoms with Crippen molar-refractivity contribution >= 4 is 28.6 Å². The first-order valence-electron chi connectivity index (χ1n) is 5.19. The zero-order valence-corrected chi connectivity index (χ0v) is 11.7. The van der Waals surface area contributed by atoms with E-state index in [2.05, 4.69) is 51.6 Å². The average Bonchev–Trinajstić information content (AvgIpc) is 2.30. The van der Waals surface area contributed by atoms with E-state index in [1.165, 1.54) is 16.2 Å². The Morgan fingerprint density at radius 2 is 2.00 bits per heavy atom. The Kier molecular flexibility index (Phi) is 5.76. The second-order valence-electron chi connectivity index (χ2n) is 3.51. The fourth-order valence-corrected chi connectivity index (χ4v) is 1.73. The third kappa shape index (κ3) is 4.49. The van der Waals surface area contributed by atoms with E-state index in [0.29, 0.717) is 6.54 Å². The quantitative estimate of drug-likeness (QED) is 0.612. The van der Waals surface area contributed by atoms with Crippen LogP contribution in [0, 0.1) is 3.57 Å². The predicted molar refractivity (Wildman–Crippen MR) is 72.1 cm³/mol. The molecule has 0 saturated carbocycles. The molecule has 0 bridgehead atoms. The molecule has 1 aromatic rings.